The number of nitrogens with one attached hydrogen (secondary N) is 1. The molecule has 3 rings (SSSR count). The third-order valence-electron chi connectivity index (χ3n) is 5.58. The predicted molar refractivity (Wildman–Crippen MR) is 108 cm³/mol. The van der Waals surface area contributed by atoms with Gasteiger partial charge in [0.05, 0.1) is 0 Å². The molecule has 4 N–H and O–H groups in total. The van der Waals surface area contributed by atoms with E-state index in [9.17, 15) is 29.7 Å². The van der Waals surface area contributed by atoms with Gasteiger partial charge < -0.3 is 30.1 Å². The van der Waals surface area contributed by atoms with Crippen molar-refractivity contribution in [2.75, 3.05) is 7.11 Å². The molecule has 0 aliphatic carbocycles. The number of rotatable bonds is 7. The Balaban J connectivity index is 1.99. The minimum atomic E-state index is -2.53. The number of ether oxygens (including phenoxy) is 2. The van der Waals surface area contributed by atoms with Crippen molar-refractivity contribution in [2.24, 2.45) is 0 Å². The van der Waals surface area contributed by atoms with Crippen LogP contribution < -0.4 is 5.32 Å². The topological polar surface area (TPSA) is 142 Å². The fraction of sp³-hybridized carbons (Fsp3) is 0.409. The Morgan fingerprint density at radius 1 is 1.29 bits per heavy atom. The van der Waals surface area contributed by atoms with Crippen LogP contribution in [-0.2, 0) is 19.1 Å². The summed E-state index contributed by atoms with van der Waals surface area (Å²) in [5.74, 6) is -3.15. The van der Waals surface area contributed by atoms with E-state index in [-0.39, 0.29) is 16.9 Å². The first-order valence-electron chi connectivity index (χ1n) is 9.80. The van der Waals surface area contributed by atoms with Crippen LogP contribution in [0.1, 0.15) is 30.6 Å². The molecule has 1 spiro atoms. The second kappa shape index (κ2) is 8.35. The molecule has 1 unspecified atom stereocenters. The van der Waals surface area contributed by atoms with E-state index in [2.05, 4.69) is 5.32 Å². The van der Waals surface area contributed by atoms with Crippen molar-refractivity contribution in [2.45, 2.75) is 49.9 Å². The lowest BCUT2D eigenvalue weighted by Gasteiger charge is -2.32. The summed E-state index contributed by atoms with van der Waals surface area (Å²) in [5, 5.41) is 34.0. The molecule has 2 aliphatic rings. The van der Waals surface area contributed by atoms with Crippen molar-refractivity contribution in [3.05, 3.63) is 59.4 Å². The van der Waals surface area contributed by atoms with Gasteiger partial charge in [-0.15, -0.1) is 0 Å². The summed E-state index contributed by atoms with van der Waals surface area (Å²) in [6, 6.07) is 7.82. The second-order valence-corrected chi connectivity index (χ2v) is 7.42. The highest BCUT2D eigenvalue weighted by atomic mass is 16.6. The first kappa shape index (κ1) is 22.8. The van der Waals surface area contributed by atoms with E-state index in [1.807, 2.05) is 6.92 Å². The quantitative estimate of drug-likeness (QED) is 0.269. The zero-order valence-electron chi connectivity index (χ0n) is 17.4. The number of aliphatic hydroxyl groups excluding tert-OH is 3. The number of ketones is 2. The van der Waals surface area contributed by atoms with Gasteiger partial charge in [-0.3, -0.25) is 14.4 Å². The monoisotopic (exact) mass is 431 g/mol. The molecule has 166 valence electrons. The number of aliphatic hydroxyl groups is 3. The molecule has 0 bridgehead atoms. The van der Waals surface area contributed by atoms with Crippen molar-refractivity contribution < 1.29 is 39.2 Å². The van der Waals surface area contributed by atoms with Crippen LogP contribution in [0.15, 0.2) is 53.8 Å². The van der Waals surface area contributed by atoms with Crippen LogP contribution in [0, 0.1) is 0 Å². The van der Waals surface area contributed by atoms with Crippen molar-refractivity contribution in [1.82, 2.24) is 5.32 Å². The summed E-state index contributed by atoms with van der Waals surface area (Å²) >= 11 is 0. The van der Waals surface area contributed by atoms with E-state index in [1.165, 1.54) is 25.1 Å². The van der Waals surface area contributed by atoms with Gasteiger partial charge in [0.1, 0.15) is 18.0 Å². The highest BCUT2D eigenvalue weighted by molar-refractivity contribution is 6.23. The van der Waals surface area contributed by atoms with E-state index in [4.69, 9.17) is 9.47 Å². The van der Waals surface area contributed by atoms with E-state index >= 15 is 0 Å². The maximum atomic E-state index is 13.1. The molecule has 9 heteroatoms. The van der Waals surface area contributed by atoms with E-state index in [0.29, 0.717) is 6.42 Å². The van der Waals surface area contributed by atoms with Gasteiger partial charge in [-0.25, -0.2) is 0 Å². The number of Topliss-reactive ketones (excluding diaryl/α,β-unsaturated/α-hetero) is 2. The molecule has 1 amide bonds. The number of carbonyl (C=O) groups excluding carboxylic acids is 3. The molecular formula is C22H25NO8. The molecule has 31 heavy (non-hydrogen) atoms. The highest BCUT2D eigenvalue weighted by Crippen LogP contribution is 2.44. The molecule has 2 aliphatic heterocycles. The Kier molecular flexibility index (Phi) is 6.15. The van der Waals surface area contributed by atoms with E-state index in [1.54, 1.807) is 24.3 Å². The summed E-state index contributed by atoms with van der Waals surface area (Å²) in [4.78, 5) is 39.2. The molecule has 0 aromatic heterocycles. The fourth-order valence-electron chi connectivity index (χ4n) is 3.81. The van der Waals surface area contributed by atoms with Gasteiger partial charge >= 0.3 is 0 Å². The molecule has 1 aromatic rings. The van der Waals surface area contributed by atoms with Gasteiger partial charge in [-0.1, -0.05) is 49.4 Å². The Bertz CT molecular complexity index is 956. The molecule has 0 radical (unpaired) electrons. The van der Waals surface area contributed by atoms with Crippen LogP contribution >= 0.6 is 0 Å². The van der Waals surface area contributed by atoms with Gasteiger partial charge in [-0.05, 0) is 13.3 Å². The smallest absolute Gasteiger partial charge is 0.278 e. The number of methoxy groups -OCH3 is 1. The van der Waals surface area contributed by atoms with E-state index in [0.717, 1.165) is 7.11 Å². The Morgan fingerprint density at radius 3 is 2.52 bits per heavy atom. The third-order valence-corrected chi connectivity index (χ3v) is 5.58. The summed E-state index contributed by atoms with van der Waals surface area (Å²) in [5.41, 5.74) is -4.83. The fourth-order valence-corrected chi connectivity index (χ4v) is 3.81. The normalized spacial score (nSPS) is 30.1. The lowest BCUT2D eigenvalue weighted by atomic mass is 9.85. The Labute approximate surface area is 179 Å². The zero-order chi connectivity index (χ0) is 23.0. The molecule has 1 saturated heterocycles. The van der Waals surface area contributed by atoms with Gasteiger partial charge in [0.2, 0.25) is 17.3 Å². The SMILES string of the molecule is CC/C=C/[C@H](O)[C@H](O)C1=C(C)C(=O)C2(O1)C(=O)N[C@@](OC)(C(=O)c1ccccc1)[C@@H]2O. The summed E-state index contributed by atoms with van der Waals surface area (Å²) in [7, 11) is 1.11. The minimum Gasteiger partial charge on any atom is -0.467 e. The van der Waals surface area contributed by atoms with Gasteiger partial charge in [-0.2, -0.15) is 0 Å². The highest BCUT2D eigenvalue weighted by Gasteiger charge is 2.74. The standard InChI is InChI=1S/C22H25NO8/c1-4-5-11-14(24)15(25)16-12(2)17(26)21(31-16)19(28)22(30-3,23-20(21)29)18(27)13-9-7-6-8-10-13/h5-11,14-15,19,24-25,28H,4H2,1-3H3,(H,23,29)/b11-5+/t14-,15-,19+,21?,22+/m0/s1. The van der Waals surface area contributed by atoms with Crippen molar-refractivity contribution in [1.29, 1.82) is 0 Å². The molecule has 0 saturated carbocycles. The zero-order valence-corrected chi connectivity index (χ0v) is 17.4. The van der Waals surface area contributed by atoms with Crippen molar-refractivity contribution in [3.63, 3.8) is 0 Å². The van der Waals surface area contributed by atoms with Crippen LogP contribution in [0.4, 0.5) is 0 Å². The molecule has 9 nitrogen and oxygen atoms in total. The van der Waals surface area contributed by atoms with Crippen LogP contribution in [0.5, 0.6) is 0 Å². The number of carbonyl (C=O) groups is 3. The average Bonchev–Trinajstić information content (AvgIpc) is 3.18. The first-order chi connectivity index (χ1) is 14.7. The van der Waals surface area contributed by atoms with Crippen molar-refractivity contribution >= 4 is 17.5 Å². The Hall–Kier alpha value is -2.85. The molecule has 1 fully saturated rings. The molecule has 1 aromatic carbocycles. The number of allylic oxidation sites excluding steroid dienone is 1. The summed E-state index contributed by atoms with van der Waals surface area (Å²) in [6.07, 6.45) is -1.60. The van der Waals surface area contributed by atoms with Crippen molar-refractivity contribution in [3.8, 4) is 0 Å². The number of benzene rings is 1. The Morgan fingerprint density at radius 2 is 1.94 bits per heavy atom. The second-order valence-electron chi connectivity index (χ2n) is 7.42. The number of hydrogen-bond donors (Lipinski definition) is 4. The molecule has 2 heterocycles. The largest absolute Gasteiger partial charge is 0.467 e. The number of amides is 1. The lowest BCUT2D eigenvalue weighted by Crippen LogP contribution is -2.60. The molecule has 5 atom stereocenters. The lowest BCUT2D eigenvalue weighted by molar-refractivity contribution is -0.163. The average molecular weight is 431 g/mol. The van der Waals surface area contributed by atoms with Crippen LogP contribution in [-0.4, -0.2) is 69.5 Å². The maximum Gasteiger partial charge on any atom is 0.278 e. The maximum absolute atomic E-state index is 13.1. The predicted octanol–water partition coefficient (Wildman–Crippen LogP) is 0.00280. The van der Waals surface area contributed by atoms with Gasteiger partial charge in [0.15, 0.2) is 6.10 Å². The summed E-state index contributed by atoms with van der Waals surface area (Å²) in [6.45, 7) is 3.13. The summed E-state index contributed by atoms with van der Waals surface area (Å²) < 4.78 is 10.8. The van der Waals surface area contributed by atoms with Gasteiger partial charge in [0, 0.05) is 18.2 Å². The molecular weight excluding hydrogens is 406 g/mol. The number of hydrogen-bond acceptors (Lipinski definition) is 8. The third kappa shape index (κ3) is 3.30. The van der Waals surface area contributed by atoms with Crippen LogP contribution in [0.25, 0.3) is 0 Å². The van der Waals surface area contributed by atoms with Crippen LogP contribution in [0.2, 0.25) is 0 Å². The van der Waals surface area contributed by atoms with E-state index < -0.39 is 47.1 Å². The van der Waals surface area contributed by atoms with Gasteiger partial charge in [0.25, 0.3) is 11.5 Å². The van der Waals surface area contributed by atoms with Crippen LogP contribution in [0.3, 0.4) is 0 Å². The first-order valence-corrected chi connectivity index (χ1v) is 9.80. The minimum absolute atomic E-state index is 0.135.